The molecule has 0 radical (unpaired) electrons. The monoisotopic (exact) mass is 926 g/mol. The number of rotatable bonds is 48. The minimum absolute atomic E-state index is 0.0174. The van der Waals surface area contributed by atoms with Gasteiger partial charge in [0.2, 0.25) is 0 Å². The fourth-order valence-corrected chi connectivity index (χ4v) is 7.24. The van der Waals surface area contributed by atoms with Gasteiger partial charge in [-0.2, -0.15) is 0 Å². The lowest BCUT2D eigenvalue weighted by molar-refractivity contribution is -0.149. The highest BCUT2D eigenvalue weighted by Gasteiger charge is 2.15. The second kappa shape index (κ2) is 54.1. The number of esters is 2. The molecule has 0 heterocycles. The molecule has 11 heteroatoms. The van der Waals surface area contributed by atoms with Gasteiger partial charge in [0.25, 0.3) is 0 Å². The van der Waals surface area contributed by atoms with Crippen LogP contribution in [0.5, 0.6) is 0 Å². The highest BCUT2D eigenvalue weighted by atomic mass is 16.7. The number of nitrogens with zero attached hydrogens (tertiary/aromatic N) is 1. The molecule has 0 aromatic heterocycles. The van der Waals surface area contributed by atoms with E-state index < -0.39 is 6.16 Å². The Balaban J connectivity index is 0. The molecule has 0 aliphatic carbocycles. The average molecular weight is 926 g/mol. The molecule has 1 atom stereocenters. The second-order valence-electron chi connectivity index (χ2n) is 17.6. The first-order valence-electron chi connectivity index (χ1n) is 27.0. The summed E-state index contributed by atoms with van der Waals surface area (Å²) in [7, 11) is 0. The lowest BCUT2D eigenvalue weighted by Gasteiger charge is -2.18. The van der Waals surface area contributed by atoms with E-state index >= 15 is 0 Å². The summed E-state index contributed by atoms with van der Waals surface area (Å²) in [5.41, 5.74) is 0. The van der Waals surface area contributed by atoms with Crippen LogP contribution in [0.2, 0.25) is 0 Å². The predicted octanol–water partition coefficient (Wildman–Crippen LogP) is 14.5. The van der Waals surface area contributed by atoms with Crippen molar-refractivity contribution in [2.75, 3.05) is 59.3 Å². The lowest BCUT2D eigenvalue weighted by atomic mass is 10.1. The summed E-state index contributed by atoms with van der Waals surface area (Å²) in [6.45, 7) is 18.5. The van der Waals surface area contributed by atoms with Gasteiger partial charge in [-0.25, -0.2) is 4.79 Å². The van der Waals surface area contributed by atoms with E-state index in [1.807, 2.05) is 6.08 Å². The molecule has 0 spiro atoms. The predicted molar refractivity (Wildman–Crippen MR) is 267 cm³/mol. The van der Waals surface area contributed by atoms with E-state index in [9.17, 15) is 19.2 Å². The molecule has 384 valence electrons. The molecule has 0 saturated carbocycles. The summed E-state index contributed by atoms with van der Waals surface area (Å²) in [5, 5.41) is 0. The van der Waals surface area contributed by atoms with Crippen LogP contribution in [0.25, 0.3) is 0 Å². The van der Waals surface area contributed by atoms with Gasteiger partial charge < -0.3 is 38.1 Å². The molecule has 65 heavy (non-hydrogen) atoms. The van der Waals surface area contributed by atoms with Gasteiger partial charge in [0.1, 0.15) is 19.5 Å². The molecule has 0 rings (SSSR count). The highest BCUT2D eigenvalue weighted by molar-refractivity contribution is 5.69. The van der Waals surface area contributed by atoms with Crippen LogP contribution in [0.1, 0.15) is 241 Å². The van der Waals surface area contributed by atoms with Crippen molar-refractivity contribution >= 4 is 24.4 Å². The van der Waals surface area contributed by atoms with Gasteiger partial charge in [0, 0.05) is 51.4 Å². The van der Waals surface area contributed by atoms with Gasteiger partial charge in [0.15, 0.2) is 6.29 Å². The number of ether oxygens (including phenoxy) is 6. The number of aldehydes is 1. The number of hydrogen-bond donors (Lipinski definition) is 0. The molecule has 0 aliphatic rings. The van der Waals surface area contributed by atoms with Crippen molar-refractivity contribution in [2.45, 2.75) is 247 Å². The third kappa shape index (κ3) is 50.7. The first-order valence-corrected chi connectivity index (χ1v) is 27.0. The third-order valence-corrected chi connectivity index (χ3v) is 11.5. The molecule has 0 amide bonds. The van der Waals surface area contributed by atoms with Crippen LogP contribution in [-0.4, -0.2) is 94.8 Å². The highest BCUT2D eigenvalue weighted by Crippen LogP contribution is 2.14. The lowest BCUT2D eigenvalue weighted by Crippen LogP contribution is -2.25. The van der Waals surface area contributed by atoms with Crippen molar-refractivity contribution in [3.05, 3.63) is 12.2 Å². The fourth-order valence-electron chi connectivity index (χ4n) is 7.24. The average Bonchev–Trinajstić information content (AvgIpc) is 3.31. The fraction of sp³-hybridized carbons (Fsp3) is 0.889. The minimum Gasteiger partial charge on any atom is -0.465 e. The van der Waals surface area contributed by atoms with Crippen molar-refractivity contribution < 1.29 is 47.6 Å². The van der Waals surface area contributed by atoms with Gasteiger partial charge in [-0.1, -0.05) is 176 Å². The Kier molecular flexibility index (Phi) is 53.8. The van der Waals surface area contributed by atoms with Crippen LogP contribution in [0.3, 0.4) is 0 Å². The smallest absolute Gasteiger partial charge is 0.465 e. The Morgan fingerprint density at radius 2 is 0.954 bits per heavy atom. The first-order chi connectivity index (χ1) is 31.8. The molecule has 0 bridgehead atoms. The Morgan fingerprint density at radius 1 is 0.462 bits per heavy atom. The molecule has 0 aromatic carbocycles. The summed E-state index contributed by atoms with van der Waals surface area (Å²) in [5.74, 6) is -0.325. The van der Waals surface area contributed by atoms with Crippen molar-refractivity contribution in [1.82, 2.24) is 4.90 Å². The summed E-state index contributed by atoms with van der Waals surface area (Å²) in [6, 6.07) is 0. The zero-order chi connectivity index (χ0) is 48.1. The number of unbranched alkanes of at least 4 members (excludes halogenated alkanes) is 20. The van der Waals surface area contributed by atoms with E-state index in [-0.39, 0.29) is 37.4 Å². The Labute approximate surface area is 399 Å². The molecule has 1 unspecified atom stereocenters. The van der Waals surface area contributed by atoms with Crippen LogP contribution in [0, 0.1) is 5.92 Å². The van der Waals surface area contributed by atoms with Crippen LogP contribution >= 0.6 is 0 Å². The molecular weight excluding hydrogens is 823 g/mol. The Morgan fingerprint density at radius 3 is 1.48 bits per heavy atom. The number of carbonyl (C=O) groups is 4. The van der Waals surface area contributed by atoms with Crippen molar-refractivity contribution in [2.24, 2.45) is 5.92 Å². The number of allylic oxidation sites excluding steroid dienone is 1. The summed E-state index contributed by atoms with van der Waals surface area (Å²) < 4.78 is 32.8. The zero-order valence-electron chi connectivity index (χ0n) is 43.2. The minimum atomic E-state index is -0.655. The molecule has 0 aromatic rings. The summed E-state index contributed by atoms with van der Waals surface area (Å²) in [6.07, 6.45) is 37.0. The third-order valence-electron chi connectivity index (χ3n) is 11.5. The molecule has 0 aliphatic heterocycles. The van der Waals surface area contributed by atoms with E-state index in [2.05, 4.69) is 52.5 Å². The first kappa shape index (κ1) is 64.6. The molecule has 0 fully saturated rings. The van der Waals surface area contributed by atoms with Crippen molar-refractivity contribution in [3.63, 3.8) is 0 Å². The van der Waals surface area contributed by atoms with Crippen LogP contribution < -0.4 is 0 Å². The van der Waals surface area contributed by atoms with E-state index in [0.717, 1.165) is 123 Å². The molecule has 0 N–H and O–H groups in total. The van der Waals surface area contributed by atoms with E-state index in [4.69, 9.17) is 28.4 Å². The van der Waals surface area contributed by atoms with Gasteiger partial charge >= 0.3 is 18.1 Å². The molecule has 11 nitrogen and oxygen atoms in total. The van der Waals surface area contributed by atoms with Crippen molar-refractivity contribution in [3.8, 4) is 0 Å². The number of hydrogen-bond acceptors (Lipinski definition) is 11. The maximum atomic E-state index is 12.2. The normalized spacial score (nSPS) is 11.8. The quantitative estimate of drug-likeness (QED) is 0.0144. The Hall–Kier alpha value is -2.50. The van der Waals surface area contributed by atoms with Crippen LogP contribution in [0.4, 0.5) is 4.79 Å². The topological polar surface area (TPSA) is 127 Å². The number of carbonyl (C=O) groups excluding carboxylic acids is 4. The summed E-state index contributed by atoms with van der Waals surface area (Å²) in [4.78, 5) is 48.7. The SMILES string of the molecule is CCCCCC/C=C\COC(=O)CCCCCCCCCC(=O)OCC(CCC)COC(=O)OCCCN(CC)CC.CCCCCCCCOC(CCC=O)OCCCCCCCC. The van der Waals surface area contributed by atoms with Gasteiger partial charge in [0.05, 0.1) is 13.2 Å². The van der Waals surface area contributed by atoms with E-state index in [1.165, 1.54) is 89.9 Å². The Bertz CT molecular complexity index is 1030. The van der Waals surface area contributed by atoms with Crippen LogP contribution in [0.15, 0.2) is 12.2 Å². The molecular formula is C54H103NO10. The summed E-state index contributed by atoms with van der Waals surface area (Å²) >= 11 is 0. The zero-order valence-corrected chi connectivity index (χ0v) is 43.2. The van der Waals surface area contributed by atoms with Gasteiger partial charge in [-0.15, -0.1) is 0 Å². The maximum absolute atomic E-state index is 12.2. The standard InChI is InChI=1S/C34H63NO7.C20H40O3/c1-5-9-10-11-15-18-21-27-39-32(36)24-19-16-13-12-14-17-20-25-33(37)41-29-31(23-6-2)30-42-34(38)40-28-22-26-35(7-3)8-4;1-3-5-7-9-11-13-18-22-20(16-15-17-21)23-19-14-12-10-8-6-4-2/h18,21,31H,5-17,19-20,22-30H2,1-4H3;17,20H,3-16,18-19H2,1-2H3/b21-18-;. The molecule has 0 saturated heterocycles. The van der Waals surface area contributed by atoms with E-state index in [1.54, 1.807) is 0 Å². The van der Waals surface area contributed by atoms with Crippen molar-refractivity contribution in [1.29, 1.82) is 0 Å². The van der Waals surface area contributed by atoms with Gasteiger partial charge in [-0.05, 0) is 64.5 Å². The van der Waals surface area contributed by atoms with Gasteiger partial charge in [-0.3, -0.25) is 9.59 Å². The van der Waals surface area contributed by atoms with Crippen LogP contribution in [-0.2, 0) is 42.8 Å². The largest absolute Gasteiger partial charge is 0.508 e. The maximum Gasteiger partial charge on any atom is 0.508 e. The van der Waals surface area contributed by atoms with E-state index in [0.29, 0.717) is 38.9 Å². The second-order valence-corrected chi connectivity index (χ2v) is 17.6.